The van der Waals surface area contributed by atoms with Crippen LogP contribution in [0.4, 0.5) is 0 Å². The van der Waals surface area contributed by atoms with Crippen LogP contribution in [0.2, 0.25) is 0 Å². The van der Waals surface area contributed by atoms with Crippen molar-refractivity contribution in [2.75, 3.05) is 13.2 Å². The maximum Gasteiger partial charge on any atom is 0.226 e. The van der Waals surface area contributed by atoms with E-state index in [1.54, 1.807) is 6.92 Å². The lowest BCUT2D eigenvalue weighted by Gasteiger charge is -2.42. The van der Waals surface area contributed by atoms with Gasteiger partial charge in [-0.3, -0.25) is 4.79 Å². The van der Waals surface area contributed by atoms with Gasteiger partial charge in [-0.25, -0.2) is 0 Å². The van der Waals surface area contributed by atoms with Gasteiger partial charge < -0.3 is 19.9 Å². The molecular formula is C10H17NO4. The van der Waals surface area contributed by atoms with Gasteiger partial charge in [0.2, 0.25) is 5.91 Å². The van der Waals surface area contributed by atoms with Gasteiger partial charge in [0, 0.05) is 0 Å². The van der Waals surface area contributed by atoms with E-state index in [-0.39, 0.29) is 19.1 Å². The number of rotatable bonds is 0. The molecule has 0 radical (unpaired) electrons. The van der Waals surface area contributed by atoms with Crippen molar-refractivity contribution in [3.05, 3.63) is 0 Å². The fourth-order valence-corrected chi connectivity index (χ4v) is 1.99. The minimum atomic E-state index is -0.758. The average Bonchev–Trinajstić information content (AvgIpc) is 2.38. The molecule has 86 valence electrons. The van der Waals surface area contributed by atoms with Crippen molar-refractivity contribution in [2.24, 2.45) is 5.92 Å². The van der Waals surface area contributed by atoms with Gasteiger partial charge in [-0.2, -0.15) is 0 Å². The summed E-state index contributed by atoms with van der Waals surface area (Å²) in [6.45, 7) is 5.90. The predicted octanol–water partition coefficient (Wildman–Crippen LogP) is -0.365. The second-order valence-corrected chi connectivity index (χ2v) is 4.86. The molecule has 2 aliphatic rings. The van der Waals surface area contributed by atoms with Gasteiger partial charge in [0.15, 0.2) is 5.79 Å². The first-order valence-electron chi connectivity index (χ1n) is 5.14. The average molecular weight is 215 g/mol. The molecule has 0 aromatic carbocycles. The Bertz CT molecular complexity index is 279. The highest BCUT2D eigenvalue weighted by molar-refractivity contribution is 5.83. The minimum Gasteiger partial charge on any atom is -0.390 e. The Labute approximate surface area is 88.7 Å². The maximum absolute atomic E-state index is 11.4. The molecule has 2 fully saturated rings. The van der Waals surface area contributed by atoms with Crippen LogP contribution in [-0.2, 0) is 14.3 Å². The Morgan fingerprint density at radius 1 is 1.40 bits per heavy atom. The van der Waals surface area contributed by atoms with Gasteiger partial charge in [-0.05, 0) is 13.8 Å². The molecule has 0 aromatic heterocycles. The van der Waals surface area contributed by atoms with E-state index in [4.69, 9.17) is 9.47 Å². The highest BCUT2D eigenvalue weighted by Gasteiger charge is 2.54. The highest BCUT2D eigenvalue weighted by atomic mass is 16.7. The molecule has 1 amide bonds. The molecule has 2 atom stereocenters. The van der Waals surface area contributed by atoms with Crippen LogP contribution in [0.5, 0.6) is 0 Å². The lowest BCUT2D eigenvalue weighted by atomic mass is 9.90. The van der Waals surface area contributed by atoms with Gasteiger partial charge in [0.05, 0.1) is 25.2 Å². The quantitative estimate of drug-likeness (QED) is 0.579. The molecule has 2 heterocycles. The summed E-state index contributed by atoms with van der Waals surface area (Å²) in [6.07, 6.45) is -0.749. The summed E-state index contributed by atoms with van der Waals surface area (Å²) in [5.41, 5.74) is -0.758. The van der Waals surface area contributed by atoms with Crippen LogP contribution in [0.3, 0.4) is 0 Å². The molecule has 5 nitrogen and oxygen atoms in total. The number of aliphatic hydroxyl groups is 1. The van der Waals surface area contributed by atoms with Crippen molar-refractivity contribution in [1.82, 2.24) is 5.32 Å². The summed E-state index contributed by atoms with van der Waals surface area (Å²) in [4.78, 5) is 11.4. The lowest BCUT2D eigenvalue weighted by molar-refractivity contribution is -0.278. The molecule has 2 N–H and O–H groups in total. The normalized spacial score (nSPS) is 38.0. The molecular weight excluding hydrogens is 198 g/mol. The van der Waals surface area contributed by atoms with Crippen LogP contribution < -0.4 is 5.32 Å². The van der Waals surface area contributed by atoms with Gasteiger partial charge in [-0.15, -0.1) is 0 Å². The van der Waals surface area contributed by atoms with E-state index in [1.807, 2.05) is 13.8 Å². The number of hydrogen-bond donors (Lipinski definition) is 2. The van der Waals surface area contributed by atoms with Crippen LogP contribution in [0.1, 0.15) is 20.8 Å². The van der Waals surface area contributed by atoms with Crippen LogP contribution in [0.15, 0.2) is 0 Å². The number of hydrogen-bond acceptors (Lipinski definition) is 4. The third-order valence-corrected chi connectivity index (χ3v) is 3.18. The SMILES string of the molecule is C[C@H]1C(=O)NC2(COC(C)(C)OC2)[C@H]1O. The summed E-state index contributed by atoms with van der Waals surface area (Å²) < 4.78 is 10.9. The Hall–Kier alpha value is -0.650. The zero-order chi connectivity index (χ0) is 11.3. The standard InChI is InChI=1S/C10H17NO4/c1-6-7(12)10(11-8(6)13)4-14-9(2,3)15-5-10/h6-7,12H,4-5H2,1-3H3,(H,11,13)/t6-,7+/m1/s1. The third-order valence-electron chi connectivity index (χ3n) is 3.18. The Balaban J connectivity index is 2.14. The van der Waals surface area contributed by atoms with Crippen LogP contribution >= 0.6 is 0 Å². The number of nitrogens with one attached hydrogen (secondary N) is 1. The fraction of sp³-hybridized carbons (Fsp3) is 0.900. The van der Waals surface area contributed by atoms with Crippen LogP contribution in [0.25, 0.3) is 0 Å². The molecule has 2 saturated heterocycles. The van der Waals surface area contributed by atoms with Crippen molar-refractivity contribution in [1.29, 1.82) is 0 Å². The first kappa shape index (κ1) is 10.9. The van der Waals surface area contributed by atoms with E-state index in [0.717, 1.165) is 0 Å². The van der Waals surface area contributed by atoms with E-state index >= 15 is 0 Å². The predicted molar refractivity (Wildman–Crippen MR) is 52.0 cm³/mol. The molecule has 1 spiro atoms. The van der Waals surface area contributed by atoms with Gasteiger partial charge in [-0.1, -0.05) is 6.92 Å². The lowest BCUT2D eigenvalue weighted by Crippen LogP contribution is -2.62. The summed E-state index contributed by atoms with van der Waals surface area (Å²) >= 11 is 0. The van der Waals surface area contributed by atoms with Crippen molar-refractivity contribution >= 4 is 5.91 Å². The largest absolute Gasteiger partial charge is 0.390 e. The summed E-state index contributed by atoms with van der Waals surface area (Å²) in [5.74, 6) is -1.19. The molecule has 5 heteroatoms. The summed E-state index contributed by atoms with van der Waals surface area (Å²) in [7, 11) is 0. The van der Waals surface area contributed by atoms with E-state index in [9.17, 15) is 9.90 Å². The van der Waals surface area contributed by atoms with Crippen LogP contribution in [-0.4, -0.2) is 41.7 Å². The second kappa shape index (κ2) is 3.17. The second-order valence-electron chi connectivity index (χ2n) is 4.86. The molecule has 0 aromatic rings. The highest BCUT2D eigenvalue weighted by Crippen LogP contribution is 2.32. The van der Waals surface area contributed by atoms with Crippen molar-refractivity contribution < 1.29 is 19.4 Å². The monoisotopic (exact) mass is 215 g/mol. The summed E-state index contributed by atoms with van der Waals surface area (Å²) in [6, 6.07) is 0. The minimum absolute atomic E-state index is 0.144. The molecule has 0 bridgehead atoms. The maximum atomic E-state index is 11.4. The molecule has 0 aliphatic carbocycles. The zero-order valence-electron chi connectivity index (χ0n) is 9.24. The van der Waals surface area contributed by atoms with Gasteiger partial charge in [0.1, 0.15) is 5.54 Å². The van der Waals surface area contributed by atoms with Crippen LogP contribution in [0, 0.1) is 5.92 Å². The van der Waals surface area contributed by atoms with Gasteiger partial charge >= 0.3 is 0 Å². The van der Waals surface area contributed by atoms with Crippen molar-refractivity contribution in [3.8, 4) is 0 Å². The topological polar surface area (TPSA) is 67.8 Å². The summed E-state index contributed by atoms with van der Waals surface area (Å²) in [5, 5.41) is 12.7. The van der Waals surface area contributed by atoms with Crippen molar-refractivity contribution in [3.63, 3.8) is 0 Å². The number of aliphatic hydroxyl groups excluding tert-OH is 1. The Morgan fingerprint density at radius 2 is 1.93 bits per heavy atom. The fourth-order valence-electron chi connectivity index (χ4n) is 1.99. The van der Waals surface area contributed by atoms with E-state index in [1.165, 1.54) is 0 Å². The number of carbonyl (C=O) groups excluding carboxylic acids is 1. The molecule has 15 heavy (non-hydrogen) atoms. The number of amides is 1. The Morgan fingerprint density at radius 3 is 2.33 bits per heavy atom. The third kappa shape index (κ3) is 1.64. The first-order chi connectivity index (χ1) is 6.86. The van der Waals surface area contributed by atoms with E-state index < -0.39 is 23.3 Å². The van der Waals surface area contributed by atoms with E-state index in [0.29, 0.717) is 0 Å². The number of carbonyl (C=O) groups is 1. The Kier molecular flexibility index (Phi) is 2.29. The molecule has 2 rings (SSSR count). The zero-order valence-corrected chi connectivity index (χ0v) is 9.24. The van der Waals surface area contributed by atoms with E-state index in [2.05, 4.69) is 5.32 Å². The number of ether oxygens (including phenoxy) is 2. The van der Waals surface area contributed by atoms with Gasteiger partial charge in [0.25, 0.3) is 0 Å². The molecule has 0 unspecified atom stereocenters. The molecule has 2 aliphatic heterocycles. The molecule has 0 saturated carbocycles. The smallest absolute Gasteiger partial charge is 0.226 e. The first-order valence-corrected chi connectivity index (χ1v) is 5.14. The van der Waals surface area contributed by atoms with Crippen molar-refractivity contribution in [2.45, 2.75) is 38.2 Å².